The summed E-state index contributed by atoms with van der Waals surface area (Å²) in [6, 6.07) is 12.5. The molecule has 0 spiro atoms. The number of hydrogen-bond acceptors (Lipinski definition) is 2. The monoisotopic (exact) mass is 516 g/mol. The summed E-state index contributed by atoms with van der Waals surface area (Å²) in [6.45, 7) is 4.03. The van der Waals surface area contributed by atoms with E-state index in [0.29, 0.717) is 44.1 Å². The van der Waals surface area contributed by atoms with Crippen LogP contribution in [0, 0.1) is 11.6 Å². The van der Waals surface area contributed by atoms with Crippen molar-refractivity contribution in [2.75, 3.05) is 26.2 Å². The molecule has 0 fully saturated rings. The van der Waals surface area contributed by atoms with Crippen LogP contribution in [0.3, 0.4) is 0 Å². The van der Waals surface area contributed by atoms with Crippen LogP contribution in [0.1, 0.15) is 18.1 Å². The SMILES string of the molecule is CCNC(=NCCc1ccccc1F)NCCNC(=O)Cc1ccc(F)cc1.I. The van der Waals surface area contributed by atoms with E-state index in [1.807, 2.05) is 6.92 Å². The number of halogens is 3. The summed E-state index contributed by atoms with van der Waals surface area (Å²) >= 11 is 0. The van der Waals surface area contributed by atoms with E-state index in [9.17, 15) is 13.6 Å². The fourth-order valence-electron chi connectivity index (χ4n) is 2.56. The predicted molar refractivity (Wildman–Crippen MR) is 123 cm³/mol. The molecule has 2 rings (SSSR count). The van der Waals surface area contributed by atoms with Crippen LogP contribution in [-0.2, 0) is 17.6 Å². The molecule has 2 aromatic rings. The molecule has 5 nitrogen and oxygen atoms in total. The van der Waals surface area contributed by atoms with Crippen LogP contribution < -0.4 is 16.0 Å². The van der Waals surface area contributed by atoms with Gasteiger partial charge < -0.3 is 16.0 Å². The molecule has 158 valence electrons. The fraction of sp³-hybridized carbons (Fsp3) is 0.333. The highest BCUT2D eigenvalue weighted by Gasteiger charge is 2.04. The first-order valence-corrected chi connectivity index (χ1v) is 9.35. The molecule has 0 aliphatic rings. The molecule has 0 aliphatic heterocycles. The Morgan fingerprint density at radius 1 is 0.966 bits per heavy atom. The Morgan fingerprint density at radius 3 is 2.34 bits per heavy atom. The van der Waals surface area contributed by atoms with Gasteiger partial charge in [-0.3, -0.25) is 9.79 Å². The largest absolute Gasteiger partial charge is 0.357 e. The van der Waals surface area contributed by atoms with Gasteiger partial charge >= 0.3 is 0 Å². The van der Waals surface area contributed by atoms with Crippen LogP contribution >= 0.6 is 24.0 Å². The van der Waals surface area contributed by atoms with Gasteiger partial charge in [0, 0.05) is 26.2 Å². The van der Waals surface area contributed by atoms with Gasteiger partial charge in [0.05, 0.1) is 6.42 Å². The van der Waals surface area contributed by atoms with Crippen molar-refractivity contribution in [2.24, 2.45) is 4.99 Å². The normalized spacial score (nSPS) is 10.8. The molecular weight excluding hydrogens is 489 g/mol. The molecule has 3 N–H and O–H groups in total. The van der Waals surface area contributed by atoms with E-state index in [0.717, 1.165) is 5.56 Å². The Kier molecular flexibility index (Phi) is 11.9. The lowest BCUT2D eigenvalue weighted by Gasteiger charge is -2.12. The molecule has 0 unspecified atom stereocenters. The molecule has 0 atom stereocenters. The summed E-state index contributed by atoms with van der Waals surface area (Å²) in [6.07, 6.45) is 0.717. The molecule has 0 saturated carbocycles. The summed E-state index contributed by atoms with van der Waals surface area (Å²) in [5.74, 6) is -0.0559. The lowest BCUT2D eigenvalue weighted by atomic mass is 10.1. The zero-order valence-electron chi connectivity index (χ0n) is 16.4. The van der Waals surface area contributed by atoms with Crippen LogP contribution in [-0.4, -0.2) is 38.0 Å². The van der Waals surface area contributed by atoms with Gasteiger partial charge in [0.2, 0.25) is 5.91 Å². The van der Waals surface area contributed by atoms with E-state index in [2.05, 4.69) is 20.9 Å². The maximum absolute atomic E-state index is 13.6. The molecule has 0 radical (unpaired) electrons. The van der Waals surface area contributed by atoms with Gasteiger partial charge in [-0.25, -0.2) is 8.78 Å². The minimum absolute atomic E-state index is 0. The summed E-state index contributed by atoms with van der Waals surface area (Å²) in [4.78, 5) is 16.3. The van der Waals surface area contributed by atoms with Crippen molar-refractivity contribution in [3.63, 3.8) is 0 Å². The molecule has 2 aromatic carbocycles. The number of guanidine groups is 1. The first kappa shape index (κ1) is 24.8. The van der Waals surface area contributed by atoms with Crippen LogP contribution in [0.5, 0.6) is 0 Å². The molecular formula is C21H27F2IN4O. The van der Waals surface area contributed by atoms with E-state index in [1.54, 1.807) is 30.3 Å². The average Bonchev–Trinajstić information content (AvgIpc) is 2.68. The number of aliphatic imine (C=N–C) groups is 1. The standard InChI is InChI=1S/C21H26F2N4O.HI/c1-2-24-21(26-12-11-17-5-3-4-6-19(17)23)27-14-13-25-20(28)15-16-7-9-18(22)10-8-16;/h3-10H,2,11-15H2,1H3,(H,25,28)(H2,24,26,27);1H. The molecule has 29 heavy (non-hydrogen) atoms. The van der Waals surface area contributed by atoms with Crippen molar-refractivity contribution < 1.29 is 13.6 Å². The van der Waals surface area contributed by atoms with Gasteiger partial charge in [0.25, 0.3) is 0 Å². The van der Waals surface area contributed by atoms with Gasteiger partial charge in [0.15, 0.2) is 5.96 Å². The fourth-order valence-corrected chi connectivity index (χ4v) is 2.56. The summed E-state index contributed by atoms with van der Waals surface area (Å²) in [7, 11) is 0. The zero-order valence-corrected chi connectivity index (χ0v) is 18.7. The summed E-state index contributed by atoms with van der Waals surface area (Å²) in [5.41, 5.74) is 1.39. The number of benzene rings is 2. The lowest BCUT2D eigenvalue weighted by molar-refractivity contribution is -0.120. The third-order valence-electron chi connectivity index (χ3n) is 3.97. The minimum atomic E-state index is -0.321. The van der Waals surface area contributed by atoms with Crippen molar-refractivity contribution in [1.29, 1.82) is 0 Å². The van der Waals surface area contributed by atoms with E-state index >= 15 is 0 Å². The molecule has 1 amide bonds. The molecule has 0 aliphatic carbocycles. The first-order chi connectivity index (χ1) is 13.6. The van der Waals surface area contributed by atoms with Crippen LogP contribution in [0.25, 0.3) is 0 Å². The van der Waals surface area contributed by atoms with Crippen LogP contribution in [0.15, 0.2) is 53.5 Å². The predicted octanol–water partition coefficient (Wildman–Crippen LogP) is 3.04. The second kappa shape index (κ2) is 13.9. The molecule has 0 heterocycles. The highest BCUT2D eigenvalue weighted by molar-refractivity contribution is 14.0. The highest BCUT2D eigenvalue weighted by Crippen LogP contribution is 2.06. The Hall–Kier alpha value is -2.23. The number of carbonyl (C=O) groups is 1. The maximum Gasteiger partial charge on any atom is 0.224 e. The second-order valence-electron chi connectivity index (χ2n) is 6.18. The van der Waals surface area contributed by atoms with Crippen molar-refractivity contribution in [3.8, 4) is 0 Å². The van der Waals surface area contributed by atoms with Crippen molar-refractivity contribution in [3.05, 3.63) is 71.3 Å². The maximum atomic E-state index is 13.6. The summed E-state index contributed by atoms with van der Waals surface area (Å²) < 4.78 is 26.5. The number of rotatable bonds is 9. The van der Waals surface area contributed by atoms with E-state index in [-0.39, 0.29) is 47.9 Å². The third-order valence-corrected chi connectivity index (χ3v) is 3.97. The highest BCUT2D eigenvalue weighted by atomic mass is 127. The van der Waals surface area contributed by atoms with Crippen molar-refractivity contribution in [2.45, 2.75) is 19.8 Å². The Morgan fingerprint density at radius 2 is 1.66 bits per heavy atom. The quantitative estimate of drug-likeness (QED) is 0.208. The van der Waals surface area contributed by atoms with Crippen molar-refractivity contribution >= 4 is 35.8 Å². The van der Waals surface area contributed by atoms with E-state index < -0.39 is 0 Å². The first-order valence-electron chi connectivity index (χ1n) is 9.35. The topological polar surface area (TPSA) is 65.5 Å². The Bertz CT molecular complexity index is 785. The van der Waals surface area contributed by atoms with Gasteiger partial charge in [-0.1, -0.05) is 30.3 Å². The Balaban J connectivity index is 0.00000420. The number of nitrogens with one attached hydrogen (secondary N) is 3. The lowest BCUT2D eigenvalue weighted by Crippen LogP contribution is -2.41. The molecule has 0 bridgehead atoms. The van der Waals surface area contributed by atoms with Crippen LogP contribution in [0.2, 0.25) is 0 Å². The zero-order chi connectivity index (χ0) is 20.2. The van der Waals surface area contributed by atoms with Gasteiger partial charge in [-0.2, -0.15) is 0 Å². The van der Waals surface area contributed by atoms with E-state index in [4.69, 9.17) is 0 Å². The minimum Gasteiger partial charge on any atom is -0.357 e. The number of nitrogens with zero attached hydrogens (tertiary/aromatic N) is 1. The van der Waals surface area contributed by atoms with E-state index in [1.165, 1.54) is 18.2 Å². The molecule has 0 saturated heterocycles. The average molecular weight is 516 g/mol. The summed E-state index contributed by atoms with van der Waals surface area (Å²) in [5, 5.41) is 9.05. The third kappa shape index (κ3) is 9.69. The second-order valence-corrected chi connectivity index (χ2v) is 6.18. The van der Waals surface area contributed by atoms with Crippen LogP contribution in [0.4, 0.5) is 8.78 Å². The van der Waals surface area contributed by atoms with Gasteiger partial charge in [-0.15, -0.1) is 24.0 Å². The van der Waals surface area contributed by atoms with Gasteiger partial charge in [-0.05, 0) is 42.7 Å². The Labute approximate surface area is 187 Å². The van der Waals surface area contributed by atoms with Crippen molar-refractivity contribution in [1.82, 2.24) is 16.0 Å². The smallest absolute Gasteiger partial charge is 0.224 e. The number of amides is 1. The number of carbonyl (C=O) groups excluding carboxylic acids is 1. The molecule has 8 heteroatoms. The number of hydrogen-bond donors (Lipinski definition) is 3. The molecule has 0 aromatic heterocycles. The van der Waals surface area contributed by atoms with Gasteiger partial charge in [0.1, 0.15) is 11.6 Å².